The van der Waals surface area contributed by atoms with Crippen molar-refractivity contribution in [3.8, 4) is 0 Å². The largest absolute Gasteiger partial charge is 0.290 e. The fourth-order valence-electron chi connectivity index (χ4n) is 3.97. The zero-order valence-electron chi connectivity index (χ0n) is 19.9. The van der Waals surface area contributed by atoms with Gasteiger partial charge in [-0.1, -0.05) is 48.6 Å². The first kappa shape index (κ1) is 24.3. The van der Waals surface area contributed by atoms with E-state index in [9.17, 15) is 9.59 Å². The van der Waals surface area contributed by atoms with Crippen LogP contribution in [0.1, 0.15) is 19.3 Å². The second-order valence-corrected chi connectivity index (χ2v) is 8.85. The van der Waals surface area contributed by atoms with E-state index < -0.39 is 0 Å². The van der Waals surface area contributed by atoms with E-state index in [4.69, 9.17) is 0 Å². The number of carbonyl (C=O) groups excluding carboxylic acids is 2. The van der Waals surface area contributed by atoms with Crippen LogP contribution in [0, 0.1) is 0 Å². The SMILES string of the molecule is O=C1C=CC(=CC=C2C=C[NH+](CCCCC[NH+]3C=CC(=CC=C4C=CC(=O)C=C4)C=C3)C=C2)C=C1. The lowest BCUT2D eigenvalue weighted by Crippen LogP contribution is -3.03. The molecule has 0 aromatic heterocycles. The number of quaternary nitrogens is 2. The summed E-state index contributed by atoms with van der Waals surface area (Å²) in [5, 5.41) is 0. The van der Waals surface area contributed by atoms with Crippen LogP contribution >= 0.6 is 0 Å². The van der Waals surface area contributed by atoms with Gasteiger partial charge in [-0.15, -0.1) is 0 Å². The predicted octanol–water partition coefficient (Wildman–Crippen LogP) is 3.10. The highest BCUT2D eigenvalue weighted by atomic mass is 16.1. The Morgan fingerprint density at radius 1 is 0.429 bits per heavy atom. The normalized spacial score (nSPS) is 22.4. The summed E-state index contributed by atoms with van der Waals surface area (Å²) in [4.78, 5) is 25.1. The second kappa shape index (κ2) is 12.6. The minimum Gasteiger partial charge on any atom is -0.290 e. The highest BCUT2D eigenvalue weighted by Crippen LogP contribution is 2.10. The molecule has 176 valence electrons. The number of unbranched alkanes of at least 4 members (excludes halogenated alkanes) is 2. The van der Waals surface area contributed by atoms with Gasteiger partial charge >= 0.3 is 0 Å². The molecule has 0 saturated carbocycles. The fourth-order valence-corrected chi connectivity index (χ4v) is 3.97. The summed E-state index contributed by atoms with van der Waals surface area (Å²) in [5.74, 6) is 0.0804. The molecule has 2 N–H and O–H groups in total. The first-order chi connectivity index (χ1) is 17.1. The molecular weight excluding hydrogens is 432 g/mol. The quantitative estimate of drug-likeness (QED) is 0.542. The van der Waals surface area contributed by atoms with Crippen molar-refractivity contribution in [1.82, 2.24) is 0 Å². The van der Waals surface area contributed by atoms with Crippen molar-refractivity contribution in [3.63, 3.8) is 0 Å². The third-order valence-corrected chi connectivity index (χ3v) is 6.09. The van der Waals surface area contributed by atoms with Crippen LogP contribution in [0.2, 0.25) is 0 Å². The van der Waals surface area contributed by atoms with Crippen molar-refractivity contribution in [3.05, 3.63) is 144 Å². The van der Waals surface area contributed by atoms with Gasteiger partial charge in [0.2, 0.25) is 0 Å². The number of hydrogen-bond donors (Lipinski definition) is 2. The lowest BCUT2D eigenvalue weighted by Gasteiger charge is -2.14. The lowest BCUT2D eigenvalue weighted by atomic mass is 10.1. The number of hydrogen-bond acceptors (Lipinski definition) is 2. The molecule has 4 aliphatic rings. The standard InChI is InChI=1S/C31H30N2O2/c34-30-12-8-26(9-13-30)4-6-28-16-22-32(23-17-28)20-2-1-3-21-33-24-18-29(19-25-33)7-5-27-10-14-31(35)15-11-27/h4-19,22-25H,1-3,20-21H2/p+2. The molecule has 4 heteroatoms. The number of allylic oxidation sites excluding steroid dienone is 20. The summed E-state index contributed by atoms with van der Waals surface area (Å²) in [5.41, 5.74) is 4.40. The van der Waals surface area contributed by atoms with Crippen molar-refractivity contribution in [1.29, 1.82) is 0 Å². The Hall–Kier alpha value is -3.86. The van der Waals surface area contributed by atoms with Crippen LogP contribution in [0.5, 0.6) is 0 Å². The van der Waals surface area contributed by atoms with Crippen molar-refractivity contribution in [2.75, 3.05) is 13.1 Å². The fraction of sp³-hybridized carbons (Fsp3) is 0.161. The van der Waals surface area contributed by atoms with Crippen molar-refractivity contribution in [2.45, 2.75) is 19.3 Å². The smallest absolute Gasteiger partial charge is 0.178 e. The molecule has 0 amide bonds. The molecule has 2 heterocycles. The Balaban J connectivity index is 1.11. The molecule has 2 aliphatic heterocycles. The van der Waals surface area contributed by atoms with Gasteiger partial charge in [-0.2, -0.15) is 0 Å². The topological polar surface area (TPSA) is 43.0 Å². The number of rotatable bonds is 8. The predicted molar refractivity (Wildman–Crippen MR) is 141 cm³/mol. The summed E-state index contributed by atoms with van der Waals surface area (Å²) in [7, 11) is 0. The third kappa shape index (κ3) is 8.14. The zero-order valence-corrected chi connectivity index (χ0v) is 19.9. The van der Waals surface area contributed by atoms with Crippen LogP contribution in [0.25, 0.3) is 0 Å². The molecule has 4 rings (SSSR count). The van der Waals surface area contributed by atoms with Gasteiger partial charge in [0.05, 0.1) is 37.9 Å². The molecule has 0 spiro atoms. The van der Waals surface area contributed by atoms with Crippen LogP contribution in [-0.4, -0.2) is 24.7 Å². The number of ketones is 2. The minimum atomic E-state index is 0.0402. The molecule has 0 saturated heterocycles. The van der Waals surface area contributed by atoms with E-state index in [1.165, 1.54) is 40.2 Å². The molecule has 2 aliphatic carbocycles. The minimum absolute atomic E-state index is 0.0402. The molecule has 0 radical (unpaired) electrons. The van der Waals surface area contributed by atoms with Gasteiger partial charge in [0.15, 0.2) is 11.6 Å². The molecule has 0 fully saturated rings. The first-order valence-electron chi connectivity index (χ1n) is 12.2. The van der Waals surface area contributed by atoms with Crippen LogP contribution < -0.4 is 9.80 Å². The van der Waals surface area contributed by atoms with E-state index in [-0.39, 0.29) is 11.6 Å². The zero-order chi connectivity index (χ0) is 24.3. The number of carbonyl (C=O) groups is 2. The van der Waals surface area contributed by atoms with E-state index in [0.29, 0.717) is 0 Å². The van der Waals surface area contributed by atoms with Crippen LogP contribution in [-0.2, 0) is 9.59 Å². The van der Waals surface area contributed by atoms with Gasteiger partial charge in [0.1, 0.15) is 0 Å². The summed E-state index contributed by atoms with van der Waals surface area (Å²) in [6.07, 6.45) is 43.0. The second-order valence-electron chi connectivity index (χ2n) is 8.85. The summed E-state index contributed by atoms with van der Waals surface area (Å²) in [6, 6.07) is 0. The molecule has 0 unspecified atom stereocenters. The van der Waals surface area contributed by atoms with Gasteiger partial charge in [0, 0.05) is 0 Å². The lowest BCUT2D eigenvalue weighted by molar-refractivity contribution is -0.793. The van der Waals surface area contributed by atoms with E-state index in [0.717, 1.165) is 24.2 Å². The maximum Gasteiger partial charge on any atom is 0.178 e. The van der Waals surface area contributed by atoms with Gasteiger partial charge in [-0.05, 0) is 90.2 Å². The van der Waals surface area contributed by atoms with E-state index in [1.54, 1.807) is 24.3 Å². The maximum atomic E-state index is 11.2. The molecular formula is C31H32N2O2+2. The van der Waals surface area contributed by atoms with E-state index >= 15 is 0 Å². The van der Waals surface area contributed by atoms with Crippen molar-refractivity contribution in [2.24, 2.45) is 0 Å². The summed E-state index contributed by atoms with van der Waals surface area (Å²) >= 11 is 0. The Bertz CT molecular complexity index is 1040. The van der Waals surface area contributed by atoms with Gasteiger partial charge in [-0.3, -0.25) is 19.4 Å². The molecule has 0 aromatic carbocycles. The molecule has 35 heavy (non-hydrogen) atoms. The summed E-state index contributed by atoms with van der Waals surface area (Å²) < 4.78 is 0. The Morgan fingerprint density at radius 3 is 1.09 bits per heavy atom. The molecule has 0 atom stereocenters. The van der Waals surface area contributed by atoms with Crippen LogP contribution in [0.15, 0.2) is 144 Å². The summed E-state index contributed by atoms with van der Waals surface area (Å²) in [6.45, 7) is 2.21. The molecule has 4 nitrogen and oxygen atoms in total. The van der Waals surface area contributed by atoms with Crippen molar-refractivity contribution >= 4 is 11.6 Å². The van der Waals surface area contributed by atoms with Gasteiger partial charge < -0.3 is 0 Å². The highest BCUT2D eigenvalue weighted by Gasteiger charge is 2.08. The Kier molecular flexibility index (Phi) is 8.71. The highest BCUT2D eigenvalue weighted by molar-refractivity contribution is 6.01. The monoisotopic (exact) mass is 464 g/mol. The first-order valence-corrected chi connectivity index (χ1v) is 12.2. The Labute approximate surface area is 207 Å². The van der Waals surface area contributed by atoms with Crippen LogP contribution in [0.4, 0.5) is 0 Å². The van der Waals surface area contributed by atoms with E-state index in [1.807, 2.05) is 36.5 Å². The van der Waals surface area contributed by atoms with E-state index in [2.05, 4.69) is 61.3 Å². The van der Waals surface area contributed by atoms with Crippen molar-refractivity contribution < 1.29 is 19.4 Å². The average molecular weight is 465 g/mol. The van der Waals surface area contributed by atoms with Crippen LogP contribution in [0.3, 0.4) is 0 Å². The van der Waals surface area contributed by atoms with Gasteiger partial charge in [-0.25, -0.2) is 0 Å². The average Bonchev–Trinajstić information content (AvgIpc) is 2.89. The van der Waals surface area contributed by atoms with Gasteiger partial charge in [0.25, 0.3) is 0 Å². The Morgan fingerprint density at radius 2 is 0.743 bits per heavy atom. The molecule has 0 aromatic rings. The maximum absolute atomic E-state index is 11.2. The number of nitrogens with one attached hydrogen (secondary N) is 2. The molecule has 0 bridgehead atoms. The third-order valence-electron chi connectivity index (χ3n) is 6.09.